The number of carbonyl (C=O) groups excluding carboxylic acids is 1. The van der Waals surface area contributed by atoms with Gasteiger partial charge in [-0.05, 0) is 26.2 Å². The number of esters is 1. The van der Waals surface area contributed by atoms with E-state index in [-0.39, 0.29) is 6.61 Å². The highest BCUT2D eigenvalue weighted by atomic mass is 16.5. The number of hydrogen-bond donors (Lipinski definition) is 1. The van der Waals surface area contributed by atoms with Crippen LogP contribution in [0.15, 0.2) is 4.99 Å². The first-order valence-electron chi connectivity index (χ1n) is 6.99. The third-order valence-corrected chi connectivity index (χ3v) is 4.11. The number of carbonyl (C=O) groups is 1. The summed E-state index contributed by atoms with van der Waals surface area (Å²) in [6.07, 6.45) is 4.17. The van der Waals surface area contributed by atoms with Gasteiger partial charge in [-0.25, -0.2) is 0 Å². The van der Waals surface area contributed by atoms with Crippen LogP contribution in [-0.2, 0) is 9.53 Å². The van der Waals surface area contributed by atoms with E-state index >= 15 is 0 Å². The zero-order valence-corrected chi connectivity index (χ0v) is 11.3. The van der Waals surface area contributed by atoms with E-state index in [9.17, 15) is 15.2 Å². The van der Waals surface area contributed by atoms with Gasteiger partial charge in [0, 0.05) is 5.71 Å². The van der Waals surface area contributed by atoms with Gasteiger partial charge in [0.2, 0.25) is 0 Å². The first-order chi connectivity index (χ1) is 9.15. The van der Waals surface area contributed by atoms with Gasteiger partial charge in [-0.3, -0.25) is 9.79 Å². The zero-order valence-electron chi connectivity index (χ0n) is 11.3. The molecule has 5 nitrogen and oxygen atoms in total. The average molecular weight is 264 g/mol. The second-order valence-electron chi connectivity index (χ2n) is 5.22. The minimum absolute atomic E-state index is 0.249. The molecule has 1 fully saturated rings. The number of nitrogens with zero attached hydrogens (tertiary/aromatic N) is 2. The van der Waals surface area contributed by atoms with Gasteiger partial charge in [-0.1, -0.05) is 19.3 Å². The Kier molecular flexibility index (Phi) is 4.20. The molecule has 1 aliphatic heterocycles. The Labute approximate surface area is 113 Å². The van der Waals surface area contributed by atoms with Crippen LogP contribution in [0.2, 0.25) is 0 Å². The molecule has 0 bridgehead atoms. The van der Waals surface area contributed by atoms with Crippen LogP contribution in [0.3, 0.4) is 0 Å². The van der Waals surface area contributed by atoms with Crippen LogP contribution < -0.4 is 0 Å². The summed E-state index contributed by atoms with van der Waals surface area (Å²) in [6.45, 7) is 1.97. The summed E-state index contributed by atoms with van der Waals surface area (Å²) >= 11 is 0. The summed E-state index contributed by atoms with van der Waals surface area (Å²) < 4.78 is 5.02. The Morgan fingerprint density at radius 3 is 2.95 bits per heavy atom. The summed E-state index contributed by atoms with van der Waals surface area (Å²) in [4.78, 5) is 16.3. The Morgan fingerprint density at radius 2 is 2.26 bits per heavy atom. The fraction of sp³-hybridized carbons (Fsp3) is 0.786. The summed E-state index contributed by atoms with van der Waals surface area (Å²) in [5.74, 6) is -1.36. The van der Waals surface area contributed by atoms with Crippen LogP contribution in [0.25, 0.3) is 0 Å². The molecule has 0 spiro atoms. The molecule has 0 aromatic carbocycles. The van der Waals surface area contributed by atoms with Crippen molar-refractivity contribution in [3.63, 3.8) is 0 Å². The first-order valence-corrected chi connectivity index (χ1v) is 6.99. The molecule has 3 atom stereocenters. The lowest BCUT2D eigenvalue weighted by Crippen LogP contribution is -2.42. The molecule has 0 aromatic heterocycles. The number of nitriles is 1. The summed E-state index contributed by atoms with van der Waals surface area (Å²) in [5, 5.41) is 19.7. The molecule has 0 saturated heterocycles. The number of rotatable bonds is 2. The Bertz CT molecular complexity index is 427. The molecule has 1 heterocycles. The van der Waals surface area contributed by atoms with Crippen molar-refractivity contribution in [2.45, 2.75) is 51.7 Å². The Balaban J connectivity index is 2.34. The number of aliphatic imine (C=N–C) groups is 1. The number of aliphatic hydroxyl groups is 1. The molecule has 0 amide bonds. The minimum atomic E-state index is -1.13. The molecule has 1 unspecified atom stereocenters. The van der Waals surface area contributed by atoms with Crippen LogP contribution in [0, 0.1) is 22.7 Å². The van der Waals surface area contributed by atoms with Gasteiger partial charge in [0.05, 0.1) is 12.7 Å². The van der Waals surface area contributed by atoms with Crippen molar-refractivity contribution in [1.29, 1.82) is 5.26 Å². The van der Waals surface area contributed by atoms with Crippen molar-refractivity contribution >= 4 is 11.7 Å². The predicted octanol–water partition coefficient (Wildman–Crippen LogP) is 1.80. The van der Waals surface area contributed by atoms with Crippen LogP contribution >= 0.6 is 0 Å². The van der Waals surface area contributed by atoms with Crippen molar-refractivity contribution in [3.8, 4) is 6.07 Å². The van der Waals surface area contributed by atoms with E-state index in [4.69, 9.17) is 4.74 Å². The lowest BCUT2D eigenvalue weighted by molar-refractivity contribution is -0.154. The quantitative estimate of drug-likeness (QED) is 0.771. The fourth-order valence-corrected chi connectivity index (χ4v) is 3.17. The van der Waals surface area contributed by atoms with Gasteiger partial charge in [0.15, 0.2) is 6.23 Å². The van der Waals surface area contributed by atoms with E-state index < -0.39 is 23.5 Å². The number of fused-ring (bicyclic) bond motifs is 1. The molecule has 1 N–H and O–H groups in total. The average Bonchev–Trinajstić information content (AvgIpc) is 2.62. The molecule has 2 rings (SSSR count). The fourth-order valence-electron chi connectivity index (χ4n) is 3.17. The van der Waals surface area contributed by atoms with Gasteiger partial charge < -0.3 is 9.84 Å². The van der Waals surface area contributed by atoms with Gasteiger partial charge in [-0.15, -0.1) is 0 Å². The summed E-state index contributed by atoms with van der Waals surface area (Å²) in [6, 6.07) is 2.28. The molecular formula is C14H20N2O3. The highest BCUT2D eigenvalue weighted by molar-refractivity contribution is 5.99. The molecule has 1 saturated carbocycles. The lowest BCUT2D eigenvalue weighted by atomic mass is 9.68. The van der Waals surface area contributed by atoms with Gasteiger partial charge >= 0.3 is 5.97 Å². The second kappa shape index (κ2) is 5.70. The Hall–Kier alpha value is -1.41. The molecule has 1 aliphatic carbocycles. The van der Waals surface area contributed by atoms with E-state index in [1.165, 1.54) is 0 Å². The maximum atomic E-state index is 12.1. The summed E-state index contributed by atoms with van der Waals surface area (Å²) in [7, 11) is 0. The van der Waals surface area contributed by atoms with Gasteiger partial charge in [0.1, 0.15) is 11.3 Å². The highest BCUT2D eigenvalue weighted by Crippen LogP contribution is 2.45. The molecule has 19 heavy (non-hydrogen) atoms. The van der Waals surface area contributed by atoms with Crippen molar-refractivity contribution in [2.24, 2.45) is 16.3 Å². The van der Waals surface area contributed by atoms with E-state index in [2.05, 4.69) is 11.1 Å². The van der Waals surface area contributed by atoms with E-state index in [1.54, 1.807) is 6.92 Å². The maximum Gasteiger partial charge on any atom is 0.315 e. The third kappa shape index (κ3) is 2.37. The SMILES string of the molecule is CCOC(=O)[C@@H]1[C@H](O)N=C2CCCCCCC21C#N. The largest absolute Gasteiger partial charge is 0.466 e. The second-order valence-corrected chi connectivity index (χ2v) is 5.22. The molecule has 2 aliphatic rings. The molecular weight excluding hydrogens is 244 g/mol. The molecule has 104 valence electrons. The van der Waals surface area contributed by atoms with E-state index in [0.717, 1.165) is 25.7 Å². The maximum absolute atomic E-state index is 12.1. The molecule has 0 radical (unpaired) electrons. The predicted molar refractivity (Wildman–Crippen MR) is 69.3 cm³/mol. The highest BCUT2D eigenvalue weighted by Gasteiger charge is 2.55. The topological polar surface area (TPSA) is 82.7 Å². The minimum Gasteiger partial charge on any atom is -0.466 e. The number of aliphatic hydroxyl groups excluding tert-OH is 1. The van der Waals surface area contributed by atoms with E-state index in [1.807, 2.05) is 0 Å². The van der Waals surface area contributed by atoms with Gasteiger partial charge in [-0.2, -0.15) is 5.26 Å². The Morgan fingerprint density at radius 1 is 1.53 bits per heavy atom. The van der Waals surface area contributed by atoms with Crippen LogP contribution in [0.1, 0.15) is 45.4 Å². The van der Waals surface area contributed by atoms with Crippen LogP contribution in [0.5, 0.6) is 0 Å². The normalized spacial score (nSPS) is 34.5. The standard InChI is InChI=1S/C14H20N2O3/c1-2-19-13(18)11-12(17)16-10-7-5-3-4-6-8-14(10,11)9-15/h11-12,17H,2-8H2,1H3/t11-,12-,14?/m0/s1. The monoisotopic (exact) mass is 264 g/mol. The van der Waals surface area contributed by atoms with Crippen molar-refractivity contribution < 1.29 is 14.6 Å². The smallest absolute Gasteiger partial charge is 0.315 e. The van der Waals surface area contributed by atoms with Gasteiger partial charge in [0.25, 0.3) is 0 Å². The number of hydrogen-bond acceptors (Lipinski definition) is 5. The van der Waals surface area contributed by atoms with E-state index in [0.29, 0.717) is 18.6 Å². The van der Waals surface area contributed by atoms with Crippen molar-refractivity contribution in [1.82, 2.24) is 0 Å². The van der Waals surface area contributed by atoms with Crippen molar-refractivity contribution in [3.05, 3.63) is 0 Å². The van der Waals surface area contributed by atoms with Crippen LogP contribution in [0.4, 0.5) is 0 Å². The van der Waals surface area contributed by atoms with Crippen molar-refractivity contribution in [2.75, 3.05) is 6.61 Å². The first kappa shape index (κ1) is 14.0. The zero-order chi connectivity index (χ0) is 13.9. The molecule has 5 heteroatoms. The third-order valence-electron chi connectivity index (χ3n) is 4.11. The summed E-state index contributed by atoms with van der Waals surface area (Å²) in [5.41, 5.74) is -0.258. The lowest BCUT2D eigenvalue weighted by Gasteiger charge is -2.31. The number of ether oxygens (including phenoxy) is 1. The molecule has 0 aromatic rings. The van der Waals surface area contributed by atoms with Crippen LogP contribution in [-0.4, -0.2) is 29.6 Å².